The Morgan fingerprint density at radius 3 is 2.37 bits per heavy atom. The van der Waals surface area contributed by atoms with E-state index in [4.69, 9.17) is 24.1 Å². The Hall–Kier alpha value is -5.31. The zero-order valence-electron chi connectivity index (χ0n) is 25.6. The average molecular weight is 625 g/mol. The number of carboxylic acid groups (broad SMARTS) is 2. The quantitative estimate of drug-likeness (QED) is 0.0975. The van der Waals surface area contributed by atoms with Gasteiger partial charge in [-0.2, -0.15) is 0 Å². The first-order chi connectivity index (χ1) is 22.3. The minimum absolute atomic E-state index is 0.0160. The molecule has 0 saturated carbocycles. The summed E-state index contributed by atoms with van der Waals surface area (Å²) >= 11 is 0. The van der Waals surface area contributed by atoms with Crippen LogP contribution in [-0.2, 0) is 22.6 Å². The SMILES string of the molecule is CC(CC(=O)c1cc(OCc2cccc(OCCCC(=O)O)c2CCC(=O)O)cc(-c2ccc3c(c2)OCO3)c1)c1ccccc1. The summed E-state index contributed by atoms with van der Waals surface area (Å²) in [5.74, 6) is 0.380. The topological polar surface area (TPSA) is 129 Å². The summed E-state index contributed by atoms with van der Waals surface area (Å²) < 4.78 is 23.2. The molecule has 1 heterocycles. The third-order valence-corrected chi connectivity index (χ3v) is 7.80. The molecule has 0 spiro atoms. The Balaban J connectivity index is 1.42. The summed E-state index contributed by atoms with van der Waals surface area (Å²) in [7, 11) is 0. The Kier molecular flexibility index (Phi) is 10.5. The third kappa shape index (κ3) is 8.44. The van der Waals surface area contributed by atoms with E-state index in [0.717, 1.165) is 22.3 Å². The molecule has 1 aliphatic heterocycles. The number of fused-ring (bicyclic) bond motifs is 1. The van der Waals surface area contributed by atoms with Gasteiger partial charge < -0.3 is 29.2 Å². The average Bonchev–Trinajstić information content (AvgIpc) is 3.53. The van der Waals surface area contributed by atoms with Gasteiger partial charge in [-0.1, -0.05) is 55.5 Å². The molecule has 2 N–H and O–H groups in total. The molecule has 1 unspecified atom stereocenters. The van der Waals surface area contributed by atoms with Crippen molar-refractivity contribution in [3.8, 4) is 34.1 Å². The van der Waals surface area contributed by atoms with Crippen molar-refractivity contribution in [1.82, 2.24) is 0 Å². The number of Topliss-reactive ketones (excluding diaryl/α,β-unsaturated/α-hetero) is 1. The van der Waals surface area contributed by atoms with E-state index in [1.54, 1.807) is 18.2 Å². The van der Waals surface area contributed by atoms with Crippen molar-refractivity contribution in [1.29, 1.82) is 0 Å². The first-order valence-electron chi connectivity index (χ1n) is 15.2. The second-order valence-electron chi connectivity index (χ2n) is 11.2. The van der Waals surface area contributed by atoms with Gasteiger partial charge in [0.05, 0.1) is 6.61 Å². The highest BCUT2D eigenvalue weighted by Gasteiger charge is 2.19. The maximum atomic E-state index is 13.6. The molecule has 9 nitrogen and oxygen atoms in total. The van der Waals surface area contributed by atoms with E-state index < -0.39 is 11.9 Å². The molecule has 0 amide bonds. The normalized spacial score (nSPS) is 12.4. The second kappa shape index (κ2) is 15.1. The van der Waals surface area contributed by atoms with E-state index in [-0.39, 0.29) is 51.0 Å². The summed E-state index contributed by atoms with van der Waals surface area (Å²) in [6, 6.07) is 26.3. The smallest absolute Gasteiger partial charge is 0.303 e. The Bertz CT molecular complexity index is 1700. The van der Waals surface area contributed by atoms with E-state index in [1.165, 1.54) is 0 Å². The van der Waals surface area contributed by atoms with Gasteiger partial charge in [-0.05, 0) is 77.4 Å². The van der Waals surface area contributed by atoms with E-state index in [9.17, 15) is 19.5 Å². The van der Waals surface area contributed by atoms with E-state index in [0.29, 0.717) is 47.0 Å². The largest absolute Gasteiger partial charge is 0.493 e. The Morgan fingerprint density at radius 2 is 1.59 bits per heavy atom. The fraction of sp³-hybridized carbons (Fsp3) is 0.270. The number of ether oxygens (including phenoxy) is 4. The van der Waals surface area contributed by atoms with E-state index >= 15 is 0 Å². The number of hydrogen-bond donors (Lipinski definition) is 2. The van der Waals surface area contributed by atoms with Crippen molar-refractivity contribution >= 4 is 17.7 Å². The van der Waals surface area contributed by atoms with Crippen LogP contribution in [0.15, 0.2) is 84.9 Å². The number of ketones is 1. The highest BCUT2D eigenvalue weighted by Crippen LogP contribution is 2.38. The fourth-order valence-corrected chi connectivity index (χ4v) is 5.35. The second-order valence-corrected chi connectivity index (χ2v) is 11.2. The van der Waals surface area contributed by atoms with Gasteiger partial charge in [0, 0.05) is 30.4 Å². The molecule has 46 heavy (non-hydrogen) atoms. The Labute approximate surface area is 267 Å². The van der Waals surface area contributed by atoms with Gasteiger partial charge >= 0.3 is 11.9 Å². The van der Waals surface area contributed by atoms with Gasteiger partial charge in [-0.3, -0.25) is 14.4 Å². The van der Waals surface area contributed by atoms with Crippen LogP contribution in [-0.4, -0.2) is 41.3 Å². The molecule has 0 fully saturated rings. The van der Waals surface area contributed by atoms with Gasteiger partial charge in [0.1, 0.15) is 18.1 Å². The lowest BCUT2D eigenvalue weighted by Gasteiger charge is -2.17. The fourth-order valence-electron chi connectivity index (χ4n) is 5.35. The van der Waals surface area contributed by atoms with E-state index in [2.05, 4.69) is 0 Å². The third-order valence-electron chi connectivity index (χ3n) is 7.80. The van der Waals surface area contributed by atoms with Crippen LogP contribution in [0.1, 0.15) is 65.6 Å². The van der Waals surface area contributed by atoms with E-state index in [1.807, 2.05) is 73.7 Å². The maximum Gasteiger partial charge on any atom is 0.303 e. The standard InChI is InChI=1S/C37H36O9/c1-24(25-7-3-2-4-8-25)17-32(38)29-18-28(26-12-14-34-35(21-26)46-23-45-34)19-30(20-29)44-22-27-9-5-10-33(31(27)13-15-37(41)42)43-16-6-11-36(39)40/h2-5,7-10,12,14,18-21,24H,6,11,13,15-17,22-23H2,1H3,(H,39,40)(H,41,42). The Morgan fingerprint density at radius 1 is 0.804 bits per heavy atom. The summed E-state index contributed by atoms with van der Waals surface area (Å²) in [5, 5.41) is 18.3. The highest BCUT2D eigenvalue weighted by molar-refractivity contribution is 5.98. The van der Waals surface area contributed by atoms with Crippen molar-refractivity contribution in [2.75, 3.05) is 13.4 Å². The van der Waals surface area contributed by atoms with Crippen LogP contribution >= 0.6 is 0 Å². The number of benzene rings is 4. The monoisotopic (exact) mass is 624 g/mol. The van der Waals surface area contributed by atoms with Crippen molar-refractivity contribution < 1.29 is 43.5 Å². The summed E-state index contributed by atoms with van der Waals surface area (Å²) in [5.41, 5.74) is 4.61. The maximum absolute atomic E-state index is 13.6. The number of hydrogen-bond acceptors (Lipinski definition) is 7. The molecule has 0 aliphatic carbocycles. The number of carboxylic acids is 2. The predicted molar refractivity (Wildman–Crippen MR) is 171 cm³/mol. The van der Waals surface area contributed by atoms with Crippen LogP contribution < -0.4 is 18.9 Å². The summed E-state index contributed by atoms with van der Waals surface area (Å²) in [4.78, 5) is 36.0. The summed E-state index contributed by atoms with van der Waals surface area (Å²) in [6.07, 6.45) is 0.704. The molecule has 1 atom stereocenters. The van der Waals surface area contributed by atoms with Crippen LogP contribution in [0.3, 0.4) is 0 Å². The zero-order valence-corrected chi connectivity index (χ0v) is 25.6. The van der Waals surface area contributed by atoms with Crippen LogP contribution in [0.25, 0.3) is 11.1 Å². The predicted octanol–water partition coefficient (Wildman–Crippen LogP) is 7.30. The van der Waals surface area contributed by atoms with Crippen molar-refractivity contribution in [3.63, 3.8) is 0 Å². The number of carbonyl (C=O) groups is 3. The molecular weight excluding hydrogens is 588 g/mol. The molecule has 4 aromatic rings. The van der Waals surface area contributed by atoms with Gasteiger partial charge in [0.2, 0.25) is 6.79 Å². The van der Waals surface area contributed by atoms with Crippen LogP contribution in [0, 0.1) is 0 Å². The zero-order chi connectivity index (χ0) is 32.5. The lowest BCUT2D eigenvalue weighted by Crippen LogP contribution is -2.09. The van der Waals surface area contributed by atoms with Crippen LogP contribution in [0.5, 0.6) is 23.0 Å². The van der Waals surface area contributed by atoms with Crippen LogP contribution in [0.2, 0.25) is 0 Å². The van der Waals surface area contributed by atoms with Crippen LogP contribution in [0.4, 0.5) is 0 Å². The molecule has 0 bridgehead atoms. The molecule has 5 rings (SSSR count). The van der Waals surface area contributed by atoms with Crippen molar-refractivity contribution in [2.45, 2.75) is 51.6 Å². The van der Waals surface area contributed by atoms with Crippen molar-refractivity contribution in [2.24, 2.45) is 0 Å². The molecule has 0 radical (unpaired) electrons. The first-order valence-corrected chi connectivity index (χ1v) is 15.2. The molecular formula is C37H36O9. The number of rotatable bonds is 16. The lowest BCUT2D eigenvalue weighted by molar-refractivity contribution is -0.138. The van der Waals surface area contributed by atoms with Crippen molar-refractivity contribution in [3.05, 3.63) is 107 Å². The number of aliphatic carboxylic acids is 2. The minimum Gasteiger partial charge on any atom is -0.493 e. The number of carbonyl (C=O) groups excluding carboxylic acids is 1. The first kappa shape index (κ1) is 32.1. The molecule has 0 saturated heterocycles. The molecule has 238 valence electrons. The van der Waals surface area contributed by atoms with Gasteiger partial charge in [0.25, 0.3) is 0 Å². The minimum atomic E-state index is -0.947. The summed E-state index contributed by atoms with van der Waals surface area (Å²) in [6.45, 7) is 2.46. The van der Waals surface area contributed by atoms with Gasteiger partial charge in [-0.25, -0.2) is 0 Å². The highest BCUT2D eigenvalue weighted by atomic mass is 16.7. The van der Waals surface area contributed by atoms with Gasteiger partial charge in [-0.15, -0.1) is 0 Å². The lowest BCUT2D eigenvalue weighted by atomic mass is 9.92. The molecule has 1 aliphatic rings. The molecule has 0 aromatic heterocycles. The van der Waals surface area contributed by atoms with Gasteiger partial charge in [0.15, 0.2) is 17.3 Å². The molecule has 9 heteroatoms. The molecule has 4 aromatic carbocycles.